The topological polar surface area (TPSA) is 67.6 Å². The summed E-state index contributed by atoms with van der Waals surface area (Å²) in [6.07, 6.45) is 4.09. The SMILES string of the molecule is C[C@@H]1CN(CCNC(=O)Cc2csc(-c3ccoc3)n2)C[C@@H](C)O1. The van der Waals surface area contributed by atoms with Crippen LogP contribution in [0.3, 0.4) is 0 Å². The number of nitrogens with one attached hydrogen (secondary N) is 1. The van der Waals surface area contributed by atoms with E-state index in [-0.39, 0.29) is 18.1 Å². The Balaban J connectivity index is 1.41. The highest BCUT2D eigenvalue weighted by Crippen LogP contribution is 2.24. The van der Waals surface area contributed by atoms with Crippen LogP contribution in [0, 0.1) is 0 Å². The minimum Gasteiger partial charge on any atom is -0.472 e. The van der Waals surface area contributed by atoms with Crippen molar-refractivity contribution in [1.29, 1.82) is 0 Å². The molecule has 1 saturated heterocycles. The number of carbonyl (C=O) groups is 1. The second-order valence-electron chi connectivity index (χ2n) is 6.20. The maximum Gasteiger partial charge on any atom is 0.226 e. The van der Waals surface area contributed by atoms with Crippen LogP contribution in [0.4, 0.5) is 0 Å². The minimum atomic E-state index is 0.00778. The Labute approximate surface area is 145 Å². The third-order valence-electron chi connectivity index (χ3n) is 3.91. The Hall–Kier alpha value is -1.70. The van der Waals surface area contributed by atoms with Crippen molar-refractivity contribution in [3.63, 3.8) is 0 Å². The molecule has 130 valence electrons. The fourth-order valence-electron chi connectivity index (χ4n) is 2.95. The van der Waals surface area contributed by atoms with Gasteiger partial charge in [0.05, 0.1) is 30.6 Å². The summed E-state index contributed by atoms with van der Waals surface area (Å²) in [5.74, 6) is 0.00778. The smallest absolute Gasteiger partial charge is 0.226 e. The molecular formula is C17H23N3O3S. The van der Waals surface area contributed by atoms with E-state index in [1.807, 2.05) is 11.4 Å². The van der Waals surface area contributed by atoms with Crippen LogP contribution in [0.15, 0.2) is 28.4 Å². The second kappa shape index (κ2) is 7.92. The van der Waals surface area contributed by atoms with E-state index < -0.39 is 0 Å². The Bertz CT molecular complexity index is 646. The zero-order chi connectivity index (χ0) is 16.9. The normalized spacial score (nSPS) is 21.8. The second-order valence-corrected chi connectivity index (χ2v) is 7.06. The van der Waals surface area contributed by atoms with Gasteiger partial charge >= 0.3 is 0 Å². The molecule has 0 radical (unpaired) electrons. The summed E-state index contributed by atoms with van der Waals surface area (Å²) in [5, 5.41) is 5.78. The summed E-state index contributed by atoms with van der Waals surface area (Å²) < 4.78 is 10.8. The molecule has 0 aromatic carbocycles. The summed E-state index contributed by atoms with van der Waals surface area (Å²) in [4.78, 5) is 18.9. The molecular weight excluding hydrogens is 326 g/mol. The number of aromatic nitrogens is 1. The van der Waals surface area contributed by atoms with Gasteiger partial charge in [-0.2, -0.15) is 0 Å². The van der Waals surface area contributed by atoms with E-state index in [0.717, 1.165) is 35.9 Å². The number of nitrogens with zero attached hydrogens (tertiary/aromatic N) is 2. The molecule has 0 saturated carbocycles. The lowest BCUT2D eigenvalue weighted by atomic mass is 10.2. The third kappa shape index (κ3) is 4.66. The van der Waals surface area contributed by atoms with Gasteiger partial charge in [-0.3, -0.25) is 9.69 Å². The molecule has 0 spiro atoms. The van der Waals surface area contributed by atoms with E-state index in [4.69, 9.17) is 9.15 Å². The number of furan rings is 1. The van der Waals surface area contributed by atoms with Crippen molar-refractivity contribution in [3.05, 3.63) is 29.7 Å². The zero-order valence-electron chi connectivity index (χ0n) is 14.0. The van der Waals surface area contributed by atoms with Crippen molar-refractivity contribution < 1.29 is 13.9 Å². The molecule has 2 atom stereocenters. The largest absolute Gasteiger partial charge is 0.472 e. The lowest BCUT2D eigenvalue weighted by Crippen LogP contribution is -2.48. The predicted molar refractivity (Wildman–Crippen MR) is 93.0 cm³/mol. The number of hydrogen-bond acceptors (Lipinski definition) is 6. The van der Waals surface area contributed by atoms with Crippen LogP contribution in [0.5, 0.6) is 0 Å². The molecule has 1 N–H and O–H groups in total. The van der Waals surface area contributed by atoms with Gasteiger partial charge in [0, 0.05) is 37.1 Å². The van der Waals surface area contributed by atoms with Crippen molar-refractivity contribution in [2.75, 3.05) is 26.2 Å². The van der Waals surface area contributed by atoms with Crippen LogP contribution in [0.2, 0.25) is 0 Å². The fourth-order valence-corrected chi connectivity index (χ4v) is 3.76. The van der Waals surface area contributed by atoms with Gasteiger partial charge in [-0.15, -0.1) is 11.3 Å². The minimum absolute atomic E-state index is 0.00778. The van der Waals surface area contributed by atoms with Crippen LogP contribution < -0.4 is 5.32 Å². The maximum absolute atomic E-state index is 12.1. The molecule has 1 amide bonds. The first-order valence-electron chi connectivity index (χ1n) is 8.21. The van der Waals surface area contributed by atoms with Crippen LogP contribution in [-0.2, 0) is 16.0 Å². The lowest BCUT2D eigenvalue weighted by molar-refractivity contribution is -0.120. The van der Waals surface area contributed by atoms with Gasteiger partial charge in [-0.05, 0) is 19.9 Å². The number of thiazole rings is 1. The highest BCUT2D eigenvalue weighted by atomic mass is 32.1. The number of ether oxygens (including phenoxy) is 1. The van der Waals surface area contributed by atoms with Gasteiger partial charge in [0.25, 0.3) is 0 Å². The molecule has 0 aliphatic carbocycles. The highest BCUT2D eigenvalue weighted by Gasteiger charge is 2.21. The van der Waals surface area contributed by atoms with Gasteiger partial charge in [-0.25, -0.2) is 4.98 Å². The monoisotopic (exact) mass is 349 g/mol. The summed E-state index contributed by atoms with van der Waals surface area (Å²) in [5.41, 5.74) is 1.74. The van der Waals surface area contributed by atoms with Crippen molar-refractivity contribution in [2.24, 2.45) is 0 Å². The molecule has 1 aliphatic rings. The summed E-state index contributed by atoms with van der Waals surface area (Å²) in [6.45, 7) is 7.50. The molecule has 6 nitrogen and oxygen atoms in total. The van der Waals surface area contributed by atoms with E-state index in [9.17, 15) is 4.79 Å². The van der Waals surface area contributed by atoms with Crippen molar-refractivity contribution in [3.8, 4) is 10.6 Å². The average molecular weight is 349 g/mol. The molecule has 0 unspecified atom stereocenters. The van der Waals surface area contributed by atoms with Gasteiger partial charge in [0.1, 0.15) is 11.3 Å². The zero-order valence-corrected chi connectivity index (χ0v) is 14.8. The Morgan fingerprint density at radius 1 is 1.42 bits per heavy atom. The molecule has 3 rings (SSSR count). The van der Waals surface area contributed by atoms with Gasteiger partial charge in [-0.1, -0.05) is 0 Å². The van der Waals surface area contributed by atoms with Crippen molar-refractivity contribution >= 4 is 17.2 Å². The van der Waals surface area contributed by atoms with Gasteiger partial charge in [0.15, 0.2) is 0 Å². The average Bonchev–Trinajstić information content (AvgIpc) is 3.16. The van der Waals surface area contributed by atoms with E-state index in [1.165, 1.54) is 11.3 Å². The van der Waals surface area contributed by atoms with Crippen molar-refractivity contribution in [2.45, 2.75) is 32.5 Å². The van der Waals surface area contributed by atoms with Gasteiger partial charge < -0.3 is 14.5 Å². The first-order chi connectivity index (χ1) is 11.6. The van der Waals surface area contributed by atoms with Crippen LogP contribution in [-0.4, -0.2) is 54.2 Å². The number of hydrogen-bond donors (Lipinski definition) is 1. The third-order valence-corrected chi connectivity index (χ3v) is 4.85. The number of rotatable bonds is 6. The van der Waals surface area contributed by atoms with E-state index in [1.54, 1.807) is 12.5 Å². The van der Waals surface area contributed by atoms with Crippen LogP contribution in [0.1, 0.15) is 19.5 Å². The standard InChI is InChI=1S/C17H23N3O3S/c1-12-8-20(9-13(2)23-12)5-4-18-16(21)7-15-11-24-17(19-15)14-3-6-22-10-14/h3,6,10-13H,4-5,7-9H2,1-2H3,(H,18,21)/t12-,13-/m1/s1. The number of morpholine rings is 1. The molecule has 2 aromatic rings. The van der Waals surface area contributed by atoms with E-state index in [2.05, 4.69) is 29.0 Å². The van der Waals surface area contributed by atoms with Crippen LogP contribution >= 0.6 is 11.3 Å². The summed E-state index contributed by atoms with van der Waals surface area (Å²) in [7, 11) is 0. The van der Waals surface area contributed by atoms with E-state index >= 15 is 0 Å². The summed E-state index contributed by atoms with van der Waals surface area (Å²) in [6, 6.07) is 1.87. The molecule has 0 bridgehead atoms. The Kier molecular flexibility index (Phi) is 5.65. The molecule has 7 heteroatoms. The van der Waals surface area contributed by atoms with Crippen LogP contribution in [0.25, 0.3) is 10.6 Å². The molecule has 1 fully saturated rings. The van der Waals surface area contributed by atoms with E-state index in [0.29, 0.717) is 13.0 Å². The van der Waals surface area contributed by atoms with Gasteiger partial charge in [0.2, 0.25) is 5.91 Å². The Morgan fingerprint density at radius 3 is 2.92 bits per heavy atom. The quantitative estimate of drug-likeness (QED) is 0.866. The molecule has 1 aliphatic heterocycles. The lowest BCUT2D eigenvalue weighted by Gasteiger charge is -2.35. The first kappa shape index (κ1) is 17.1. The maximum atomic E-state index is 12.1. The molecule has 24 heavy (non-hydrogen) atoms. The number of amides is 1. The number of carbonyl (C=O) groups excluding carboxylic acids is 1. The summed E-state index contributed by atoms with van der Waals surface area (Å²) >= 11 is 1.52. The van der Waals surface area contributed by atoms with Crippen molar-refractivity contribution in [1.82, 2.24) is 15.2 Å². The Morgan fingerprint density at radius 2 is 2.21 bits per heavy atom. The fraction of sp³-hybridized carbons (Fsp3) is 0.529. The molecule has 3 heterocycles. The molecule has 2 aromatic heterocycles. The predicted octanol–water partition coefficient (Wildman–Crippen LogP) is 2.17. The highest BCUT2D eigenvalue weighted by molar-refractivity contribution is 7.13. The first-order valence-corrected chi connectivity index (χ1v) is 9.09.